The van der Waals surface area contributed by atoms with Gasteiger partial charge in [0.15, 0.2) is 0 Å². The minimum Gasteiger partial charge on any atom is -0.382 e. The third-order valence-corrected chi connectivity index (χ3v) is 7.22. The fraction of sp³-hybridized carbons (Fsp3) is 0.355. The van der Waals surface area contributed by atoms with Crippen LogP contribution in [0.4, 0.5) is 0 Å². The number of carbonyl (C=O) groups is 2. The monoisotopic (exact) mass is 529 g/mol. The first-order valence-electron chi connectivity index (χ1n) is 13.2. The number of ether oxygens (including phenoxy) is 3. The molecule has 5 rings (SSSR count). The van der Waals surface area contributed by atoms with Crippen LogP contribution in [0.2, 0.25) is 0 Å². The van der Waals surface area contributed by atoms with Crippen LogP contribution in [0, 0.1) is 0 Å². The van der Waals surface area contributed by atoms with Crippen molar-refractivity contribution in [2.45, 2.75) is 19.1 Å². The first kappa shape index (κ1) is 27.0. The number of benzene rings is 3. The van der Waals surface area contributed by atoms with Gasteiger partial charge >= 0.3 is 0 Å². The predicted molar refractivity (Wildman–Crippen MR) is 152 cm³/mol. The van der Waals surface area contributed by atoms with Crippen molar-refractivity contribution in [2.75, 3.05) is 54.6 Å². The minimum absolute atomic E-state index is 0.0933. The molecular formula is C31H35N3O5. The fourth-order valence-corrected chi connectivity index (χ4v) is 5.18. The van der Waals surface area contributed by atoms with Gasteiger partial charge in [0.2, 0.25) is 0 Å². The van der Waals surface area contributed by atoms with E-state index in [1.54, 1.807) is 14.2 Å². The Morgan fingerprint density at radius 1 is 0.923 bits per heavy atom. The second-order valence-electron chi connectivity index (χ2n) is 10.2. The Morgan fingerprint density at radius 3 is 2.41 bits per heavy atom. The maximum absolute atomic E-state index is 13.5. The van der Waals surface area contributed by atoms with Crippen LogP contribution < -0.4 is 0 Å². The van der Waals surface area contributed by atoms with Crippen molar-refractivity contribution >= 4 is 33.5 Å². The summed E-state index contributed by atoms with van der Waals surface area (Å²) in [4.78, 5) is 33.7. The molecule has 0 spiro atoms. The number of aromatic nitrogens is 1. The standard InChI is InChI=1S/C31H35N3O5/c1-33(2)13-6-14-34-30(35)24-8-5-7-23-25-15-27(32-28(25)16-26(29(23)24)31(34)36)21-11-9-20(10-12-21)17-39-19-22(38-4)18-37-3/h5,7-12,15-16,22,32H,6,13-14,17-19H2,1-4H3. The topological polar surface area (TPSA) is 84.1 Å². The molecule has 39 heavy (non-hydrogen) atoms. The number of nitrogens with zero attached hydrogens (tertiary/aromatic N) is 2. The van der Waals surface area contributed by atoms with E-state index in [1.165, 1.54) is 4.90 Å². The highest BCUT2D eigenvalue weighted by Crippen LogP contribution is 2.37. The summed E-state index contributed by atoms with van der Waals surface area (Å²) in [7, 11) is 7.26. The van der Waals surface area contributed by atoms with Gasteiger partial charge in [-0.15, -0.1) is 0 Å². The molecule has 2 heterocycles. The van der Waals surface area contributed by atoms with Crippen molar-refractivity contribution in [3.8, 4) is 11.3 Å². The SMILES string of the molecule is COCC(COCc1ccc(-c2cc3c(cc4c5c(cccc53)C(=O)N(CCCN(C)C)C4=O)[nH]2)cc1)OC. The van der Waals surface area contributed by atoms with Gasteiger partial charge in [-0.1, -0.05) is 36.4 Å². The first-order chi connectivity index (χ1) is 18.9. The average Bonchev–Trinajstić information content (AvgIpc) is 3.37. The van der Waals surface area contributed by atoms with E-state index in [0.717, 1.165) is 51.5 Å². The number of fused-ring (bicyclic) bond motifs is 2. The van der Waals surface area contributed by atoms with E-state index in [0.29, 0.717) is 37.5 Å². The molecule has 0 aliphatic carbocycles. The number of nitrogens with one attached hydrogen (secondary N) is 1. The molecule has 204 valence electrons. The zero-order chi connectivity index (χ0) is 27.5. The number of amides is 2. The van der Waals surface area contributed by atoms with Crippen molar-refractivity contribution in [3.05, 3.63) is 71.3 Å². The van der Waals surface area contributed by atoms with Gasteiger partial charge in [-0.3, -0.25) is 14.5 Å². The minimum atomic E-state index is -0.230. The molecule has 0 bridgehead atoms. The van der Waals surface area contributed by atoms with E-state index in [4.69, 9.17) is 14.2 Å². The van der Waals surface area contributed by atoms with E-state index < -0.39 is 0 Å². The maximum atomic E-state index is 13.5. The molecule has 1 N–H and O–H groups in total. The number of imide groups is 1. The maximum Gasteiger partial charge on any atom is 0.261 e. The summed E-state index contributed by atoms with van der Waals surface area (Å²) in [5.41, 5.74) is 5.06. The lowest BCUT2D eigenvalue weighted by molar-refractivity contribution is -0.0347. The Morgan fingerprint density at radius 2 is 1.69 bits per heavy atom. The van der Waals surface area contributed by atoms with Crippen LogP contribution in [-0.2, 0) is 20.8 Å². The molecule has 2 amide bonds. The molecular weight excluding hydrogens is 494 g/mol. The van der Waals surface area contributed by atoms with E-state index in [2.05, 4.69) is 28.1 Å². The van der Waals surface area contributed by atoms with Crippen LogP contribution in [0.5, 0.6) is 0 Å². The lowest BCUT2D eigenvalue weighted by Gasteiger charge is -2.27. The number of H-pyrrole nitrogens is 1. The summed E-state index contributed by atoms with van der Waals surface area (Å²) in [6, 6.07) is 17.9. The second-order valence-corrected chi connectivity index (χ2v) is 10.2. The molecule has 8 heteroatoms. The lowest BCUT2D eigenvalue weighted by atomic mass is 9.92. The molecule has 1 unspecified atom stereocenters. The van der Waals surface area contributed by atoms with Gasteiger partial charge in [0, 0.05) is 48.3 Å². The summed E-state index contributed by atoms with van der Waals surface area (Å²) in [6.07, 6.45) is 0.635. The van der Waals surface area contributed by atoms with E-state index >= 15 is 0 Å². The molecule has 0 saturated heterocycles. The molecule has 0 saturated carbocycles. The Balaban J connectivity index is 1.41. The number of carbonyl (C=O) groups excluding carboxylic acids is 2. The number of hydrogen-bond donors (Lipinski definition) is 1. The number of rotatable bonds is 12. The smallest absolute Gasteiger partial charge is 0.261 e. The van der Waals surface area contributed by atoms with Crippen LogP contribution in [0.15, 0.2) is 54.6 Å². The van der Waals surface area contributed by atoms with Crippen molar-refractivity contribution in [1.29, 1.82) is 0 Å². The largest absolute Gasteiger partial charge is 0.382 e. The molecule has 3 aromatic carbocycles. The highest BCUT2D eigenvalue weighted by atomic mass is 16.5. The van der Waals surface area contributed by atoms with Gasteiger partial charge in [0.25, 0.3) is 11.8 Å². The van der Waals surface area contributed by atoms with Gasteiger partial charge in [0.1, 0.15) is 6.10 Å². The molecule has 1 aromatic heterocycles. The Kier molecular flexibility index (Phi) is 8.09. The lowest BCUT2D eigenvalue weighted by Crippen LogP contribution is -2.41. The third kappa shape index (κ3) is 5.46. The molecule has 1 aliphatic rings. The summed E-state index contributed by atoms with van der Waals surface area (Å²) >= 11 is 0. The quantitative estimate of drug-likeness (QED) is 0.268. The summed E-state index contributed by atoms with van der Waals surface area (Å²) in [6.45, 7) is 2.63. The van der Waals surface area contributed by atoms with E-state index in [9.17, 15) is 9.59 Å². The average molecular weight is 530 g/mol. The molecule has 8 nitrogen and oxygen atoms in total. The second kappa shape index (κ2) is 11.7. The zero-order valence-corrected chi connectivity index (χ0v) is 23.0. The van der Waals surface area contributed by atoms with Gasteiger partial charge in [-0.25, -0.2) is 0 Å². The molecule has 1 atom stereocenters. The van der Waals surface area contributed by atoms with Crippen LogP contribution >= 0.6 is 0 Å². The van der Waals surface area contributed by atoms with Crippen molar-refractivity contribution < 1.29 is 23.8 Å². The highest BCUT2D eigenvalue weighted by molar-refractivity contribution is 6.29. The molecule has 1 aliphatic heterocycles. The van der Waals surface area contributed by atoms with Crippen molar-refractivity contribution in [1.82, 2.24) is 14.8 Å². The fourth-order valence-electron chi connectivity index (χ4n) is 5.18. The first-order valence-corrected chi connectivity index (χ1v) is 13.2. The van der Waals surface area contributed by atoms with Crippen molar-refractivity contribution in [3.63, 3.8) is 0 Å². The normalized spacial score (nSPS) is 14.2. The summed E-state index contributed by atoms with van der Waals surface area (Å²) < 4.78 is 16.3. The van der Waals surface area contributed by atoms with Gasteiger partial charge in [-0.05, 0) is 61.8 Å². The highest BCUT2D eigenvalue weighted by Gasteiger charge is 2.33. The van der Waals surface area contributed by atoms with Gasteiger partial charge in [0.05, 0.1) is 25.4 Å². The van der Waals surface area contributed by atoms with E-state index in [-0.39, 0.29) is 17.9 Å². The number of aromatic amines is 1. The predicted octanol–water partition coefficient (Wildman–Crippen LogP) is 4.71. The number of methoxy groups -OCH3 is 2. The molecule has 0 fully saturated rings. The van der Waals surface area contributed by atoms with Crippen molar-refractivity contribution in [2.24, 2.45) is 0 Å². The van der Waals surface area contributed by atoms with Gasteiger partial charge in [-0.2, -0.15) is 0 Å². The zero-order valence-electron chi connectivity index (χ0n) is 23.0. The van der Waals surface area contributed by atoms with Gasteiger partial charge < -0.3 is 24.1 Å². The summed E-state index contributed by atoms with van der Waals surface area (Å²) in [5.74, 6) is -0.449. The van der Waals surface area contributed by atoms with E-state index in [1.807, 2.05) is 50.5 Å². The van der Waals surface area contributed by atoms with Crippen LogP contribution in [0.3, 0.4) is 0 Å². The van der Waals surface area contributed by atoms with Crippen LogP contribution in [0.1, 0.15) is 32.7 Å². The third-order valence-electron chi connectivity index (χ3n) is 7.22. The Hall–Kier alpha value is -3.56. The Labute approximate surface area is 228 Å². The van der Waals surface area contributed by atoms with Crippen LogP contribution in [0.25, 0.3) is 32.9 Å². The summed E-state index contributed by atoms with van der Waals surface area (Å²) in [5, 5.41) is 2.64. The molecule has 4 aromatic rings. The van der Waals surface area contributed by atoms with Crippen LogP contribution in [-0.4, -0.2) is 87.3 Å². The number of hydrogen-bond acceptors (Lipinski definition) is 6. The molecule has 0 radical (unpaired) electrons. The Bertz CT molecular complexity index is 1490.